The van der Waals surface area contributed by atoms with Crippen LogP contribution in [0.3, 0.4) is 0 Å². The molecule has 5 heteroatoms. The fourth-order valence-electron chi connectivity index (χ4n) is 3.34. The predicted molar refractivity (Wildman–Crippen MR) is 99.5 cm³/mol. The molecule has 128 valence electrons. The molecule has 1 aromatic carbocycles. The van der Waals surface area contributed by atoms with Crippen molar-refractivity contribution in [2.24, 2.45) is 0 Å². The van der Waals surface area contributed by atoms with Crippen LogP contribution in [0.4, 0.5) is 4.79 Å². The summed E-state index contributed by atoms with van der Waals surface area (Å²) in [6, 6.07) is 10.2. The first-order valence-corrected chi connectivity index (χ1v) is 9.71. The summed E-state index contributed by atoms with van der Waals surface area (Å²) in [5.41, 5.74) is 2.11. The molecule has 2 aromatic rings. The molecule has 0 N–H and O–H groups in total. The molecule has 25 heavy (non-hydrogen) atoms. The van der Waals surface area contributed by atoms with Crippen molar-refractivity contribution in [3.8, 4) is 11.8 Å². The summed E-state index contributed by atoms with van der Waals surface area (Å²) in [6.45, 7) is 3.24. The van der Waals surface area contributed by atoms with Crippen LogP contribution >= 0.6 is 11.3 Å². The highest BCUT2D eigenvalue weighted by Gasteiger charge is 2.27. The van der Waals surface area contributed by atoms with Crippen LogP contribution < -0.4 is 0 Å². The monoisotopic (exact) mass is 351 g/mol. The topological polar surface area (TPSA) is 36.4 Å². The second-order valence-corrected chi connectivity index (χ2v) is 7.59. The third kappa shape index (κ3) is 3.69. The number of aromatic nitrogens is 1. The molecule has 0 saturated carbocycles. The number of rotatable bonds is 0. The number of urea groups is 1. The van der Waals surface area contributed by atoms with E-state index in [1.807, 2.05) is 40.1 Å². The highest BCUT2D eigenvalue weighted by Crippen LogP contribution is 2.26. The molecule has 0 unspecified atom stereocenters. The third-order valence-electron chi connectivity index (χ3n) is 4.72. The Morgan fingerprint density at radius 3 is 2.60 bits per heavy atom. The molecule has 1 saturated heterocycles. The van der Waals surface area contributed by atoms with Gasteiger partial charge in [0.15, 0.2) is 5.01 Å². The molecule has 0 spiro atoms. The van der Waals surface area contributed by atoms with Crippen LogP contribution in [0, 0.1) is 11.8 Å². The van der Waals surface area contributed by atoms with Crippen LogP contribution in [-0.2, 0) is 13.0 Å². The van der Waals surface area contributed by atoms with Gasteiger partial charge in [-0.3, -0.25) is 0 Å². The average Bonchev–Trinajstić information content (AvgIpc) is 3.09. The second kappa shape index (κ2) is 7.28. The van der Waals surface area contributed by atoms with Gasteiger partial charge < -0.3 is 9.80 Å². The number of piperidine rings is 1. The molecule has 1 aromatic heterocycles. The summed E-state index contributed by atoms with van der Waals surface area (Å²) >= 11 is 1.63. The van der Waals surface area contributed by atoms with Gasteiger partial charge in [0.05, 0.1) is 12.2 Å². The maximum absolute atomic E-state index is 12.7. The lowest BCUT2D eigenvalue weighted by Gasteiger charge is -2.34. The molecule has 0 aliphatic carbocycles. The van der Waals surface area contributed by atoms with Crippen molar-refractivity contribution in [3.63, 3.8) is 0 Å². The van der Waals surface area contributed by atoms with Gasteiger partial charge in [-0.25, -0.2) is 9.78 Å². The van der Waals surface area contributed by atoms with Gasteiger partial charge >= 0.3 is 6.03 Å². The van der Waals surface area contributed by atoms with E-state index in [4.69, 9.17) is 0 Å². The van der Waals surface area contributed by atoms with Crippen LogP contribution in [0.25, 0.3) is 0 Å². The zero-order valence-corrected chi connectivity index (χ0v) is 15.0. The number of thiazole rings is 1. The molecule has 0 radical (unpaired) electrons. The summed E-state index contributed by atoms with van der Waals surface area (Å²) in [4.78, 5) is 22.5. The van der Waals surface area contributed by atoms with E-state index in [1.54, 1.807) is 11.3 Å². The van der Waals surface area contributed by atoms with Gasteiger partial charge in [0.2, 0.25) is 0 Å². The number of benzene rings is 1. The van der Waals surface area contributed by atoms with Crippen LogP contribution in [-0.4, -0.2) is 40.4 Å². The summed E-state index contributed by atoms with van der Waals surface area (Å²) in [5.74, 6) is 6.33. The van der Waals surface area contributed by atoms with Crippen molar-refractivity contribution < 1.29 is 4.79 Å². The van der Waals surface area contributed by atoms with E-state index in [0.717, 1.165) is 55.2 Å². The first kappa shape index (κ1) is 16.2. The number of carbonyl (C=O) groups is 1. The Balaban J connectivity index is 1.46. The van der Waals surface area contributed by atoms with E-state index in [9.17, 15) is 4.79 Å². The Morgan fingerprint density at radius 2 is 1.80 bits per heavy atom. The van der Waals surface area contributed by atoms with Gasteiger partial charge in [-0.2, -0.15) is 0 Å². The lowest BCUT2D eigenvalue weighted by Crippen LogP contribution is -2.46. The molecule has 0 atom stereocenters. The Hall–Kier alpha value is -2.32. The van der Waals surface area contributed by atoms with E-state index in [-0.39, 0.29) is 6.03 Å². The van der Waals surface area contributed by atoms with Crippen molar-refractivity contribution in [3.05, 3.63) is 51.5 Å². The number of nitrogens with zero attached hydrogens (tertiary/aromatic N) is 3. The van der Waals surface area contributed by atoms with Crippen molar-refractivity contribution in [1.82, 2.24) is 14.8 Å². The lowest BCUT2D eigenvalue weighted by atomic mass is 10.1. The Kier molecular flexibility index (Phi) is 4.71. The maximum Gasteiger partial charge on any atom is 0.320 e. The number of amides is 2. The summed E-state index contributed by atoms with van der Waals surface area (Å²) in [7, 11) is 0. The van der Waals surface area contributed by atoms with Gasteiger partial charge in [-0.15, -0.1) is 11.3 Å². The minimum atomic E-state index is 0.190. The Bertz CT molecular complexity index is 812. The number of carbonyl (C=O) groups excluding carboxylic acids is 1. The second-order valence-electron chi connectivity index (χ2n) is 6.51. The zero-order chi connectivity index (χ0) is 17.1. The molecule has 2 aliphatic rings. The Labute approximate surface area is 152 Å². The SMILES string of the molecule is O=C(N1CCCCC1)N1CCc2nc(C#Cc3ccccc3)sc2C1. The van der Waals surface area contributed by atoms with E-state index in [2.05, 4.69) is 16.8 Å². The first-order valence-electron chi connectivity index (χ1n) is 8.89. The van der Waals surface area contributed by atoms with Crippen molar-refractivity contribution in [2.75, 3.05) is 19.6 Å². The number of fused-ring (bicyclic) bond motifs is 1. The van der Waals surface area contributed by atoms with Gasteiger partial charge in [-0.05, 0) is 37.3 Å². The summed E-state index contributed by atoms with van der Waals surface area (Å²) < 4.78 is 0. The van der Waals surface area contributed by atoms with Crippen LogP contribution in [0.5, 0.6) is 0 Å². The molecule has 3 heterocycles. The third-order valence-corrected chi connectivity index (χ3v) is 5.71. The predicted octanol–water partition coefficient (Wildman–Crippen LogP) is 3.51. The van der Waals surface area contributed by atoms with Gasteiger partial charge in [0.1, 0.15) is 0 Å². The van der Waals surface area contributed by atoms with Crippen LogP contribution in [0.15, 0.2) is 30.3 Å². The fraction of sp³-hybridized carbons (Fsp3) is 0.400. The highest BCUT2D eigenvalue weighted by atomic mass is 32.1. The van der Waals surface area contributed by atoms with Crippen molar-refractivity contribution >= 4 is 17.4 Å². The number of hydrogen-bond donors (Lipinski definition) is 0. The molecule has 2 amide bonds. The maximum atomic E-state index is 12.7. The lowest BCUT2D eigenvalue weighted by molar-refractivity contribution is 0.139. The van der Waals surface area contributed by atoms with E-state index in [1.165, 1.54) is 11.3 Å². The zero-order valence-electron chi connectivity index (χ0n) is 14.2. The molecular formula is C20H21N3OS. The summed E-state index contributed by atoms with van der Waals surface area (Å²) in [5, 5.41) is 0.848. The standard InChI is InChI=1S/C20H21N3OS/c24-20(22-12-5-2-6-13-22)23-14-11-17-18(15-23)25-19(21-17)10-9-16-7-3-1-4-8-16/h1,3-4,7-8H,2,5-6,11-15H2. The van der Waals surface area contributed by atoms with Crippen molar-refractivity contribution in [2.45, 2.75) is 32.2 Å². The molecule has 0 bridgehead atoms. The largest absolute Gasteiger partial charge is 0.325 e. The average molecular weight is 351 g/mol. The molecule has 4 rings (SSSR count). The number of likely N-dealkylation sites (tertiary alicyclic amines) is 1. The molecular weight excluding hydrogens is 330 g/mol. The summed E-state index contributed by atoms with van der Waals surface area (Å²) in [6.07, 6.45) is 4.33. The molecule has 2 aliphatic heterocycles. The fourth-order valence-corrected chi connectivity index (χ4v) is 4.32. The minimum absolute atomic E-state index is 0.190. The normalized spacial score (nSPS) is 16.8. The first-order chi connectivity index (χ1) is 12.3. The van der Waals surface area contributed by atoms with Gasteiger partial charge in [0.25, 0.3) is 0 Å². The quantitative estimate of drug-likeness (QED) is 0.681. The molecule has 4 nitrogen and oxygen atoms in total. The van der Waals surface area contributed by atoms with E-state index >= 15 is 0 Å². The van der Waals surface area contributed by atoms with Gasteiger partial charge in [0, 0.05) is 36.5 Å². The highest BCUT2D eigenvalue weighted by molar-refractivity contribution is 7.12. The molecule has 1 fully saturated rings. The van der Waals surface area contributed by atoms with Crippen LogP contribution in [0.1, 0.15) is 40.4 Å². The van der Waals surface area contributed by atoms with Crippen LogP contribution in [0.2, 0.25) is 0 Å². The Morgan fingerprint density at radius 1 is 1.00 bits per heavy atom. The van der Waals surface area contributed by atoms with Gasteiger partial charge in [-0.1, -0.05) is 24.1 Å². The van der Waals surface area contributed by atoms with E-state index < -0.39 is 0 Å². The number of hydrogen-bond acceptors (Lipinski definition) is 3. The van der Waals surface area contributed by atoms with E-state index in [0.29, 0.717) is 6.54 Å². The van der Waals surface area contributed by atoms with Crippen molar-refractivity contribution in [1.29, 1.82) is 0 Å². The smallest absolute Gasteiger partial charge is 0.320 e. The minimum Gasteiger partial charge on any atom is -0.325 e.